The number of hydrogen-bond acceptors (Lipinski definition) is 5. The molecule has 0 unspecified atom stereocenters. The third-order valence-electron chi connectivity index (χ3n) is 3.54. The van der Waals surface area contributed by atoms with Crippen molar-refractivity contribution in [2.24, 2.45) is 0 Å². The molecule has 1 amide bonds. The second kappa shape index (κ2) is 7.85. The van der Waals surface area contributed by atoms with Gasteiger partial charge in [-0.05, 0) is 50.2 Å². The van der Waals surface area contributed by atoms with Crippen molar-refractivity contribution in [3.8, 4) is 5.75 Å². The predicted octanol–water partition coefficient (Wildman–Crippen LogP) is 2.55. The molecule has 0 saturated heterocycles. The number of nitrogens with zero attached hydrogens (tertiary/aromatic N) is 3. The molecule has 1 heterocycles. The molecular formula is C16H25N3O2S. The third-order valence-corrected chi connectivity index (χ3v) is 4.41. The van der Waals surface area contributed by atoms with Crippen molar-refractivity contribution < 1.29 is 9.53 Å². The van der Waals surface area contributed by atoms with E-state index in [9.17, 15) is 4.79 Å². The number of rotatable bonds is 7. The Morgan fingerprint density at radius 2 is 2.09 bits per heavy atom. The zero-order valence-electron chi connectivity index (χ0n) is 13.8. The number of benzene rings is 1. The Morgan fingerprint density at radius 1 is 1.32 bits per heavy atom. The van der Waals surface area contributed by atoms with Crippen LogP contribution < -0.4 is 9.64 Å². The molecule has 0 radical (unpaired) electrons. The number of amides is 1. The quantitative estimate of drug-likeness (QED) is 0.569. The lowest BCUT2D eigenvalue weighted by molar-refractivity contribution is -0.107. The minimum Gasteiger partial charge on any atom is -0.491 e. The lowest BCUT2D eigenvalue weighted by Crippen LogP contribution is -2.28. The van der Waals surface area contributed by atoms with E-state index in [1.165, 1.54) is 11.1 Å². The molecule has 22 heavy (non-hydrogen) atoms. The van der Waals surface area contributed by atoms with E-state index < -0.39 is 0 Å². The van der Waals surface area contributed by atoms with E-state index in [0.29, 0.717) is 6.61 Å². The number of hydrogen-bond donors (Lipinski definition) is 0. The highest BCUT2D eigenvalue weighted by atomic mass is 32.2. The smallest absolute Gasteiger partial charge is 0.213 e. The first-order chi connectivity index (χ1) is 10.5. The Labute approximate surface area is 137 Å². The fraction of sp³-hybridized carbons (Fsp3) is 0.562. The first kappa shape index (κ1) is 17.1. The largest absolute Gasteiger partial charge is 0.491 e. The summed E-state index contributed by atoms with van der Waals surface area (Å²) in [7, 11) is 5.86. The van der Waals surface area contributed by atoms with Crippen molar-refractivity contribution in [1.82, 2.24) is 8.61 Å². The number of carbonyl (C=O) groups is 1. The van der Waals surface area contributed by atoms with Crippen molar-refractivity contribution in [2.75, 3.05) is 39.2 Å². The van der Waals surface area contributed by atoms with E-state index in [0.717, 1.165) is 43.8 Å². The fourth-order valence-corrected chi connectivity index (χ4v) is 3.34. The summed E-state index contributed by atoms with van der Waals surface area (Å²) in [5.74, 6) is 0.809. The monoisotopic (exact) mass is 323 g/mol. The molecule has 1 aliphatic rings. The van der Waals surface area contributed by atoms with Crippen LogP contribution in [0.3, 0.4) is 0 Å². The van der Waals surface area contributed by atoms with Gasteiger partial charge in [-0.3, -0.25) is 4.79 Å². The summed E-state index contributed by atoms with van der Waals surface area (Å²) in [5.41, 5.74) is 3.44. The molecule has 6 heteroatoms. The molecule has 5 nitrogen and oxygen atoms in total. The molecule has 1 aliphatic heterocycles. The van der Waals surface area contributed by atoms with Gasteiger partial charge in [0, 0.05) is 32.3 Å². The molecule has 0 bridgehead atoms. The van der Waals surface area contributed by atoms with E-state index in [4.69, 9.17) is 4.74 Å². The normalized spacial score (nSPS) is 14.8. The first-order valence-electron chi connectivity index (χ1n) is 7.62. The standard InChI is InChI=1S/C16H25N3O2S/c1-5-8-21-16-10-13-6-7-19(22-17(2)3)11-14(13)9-15(16)18(4)12-20/h9-10,12H,5-8,11H2,1-4H3. The van der Waals surface area contributed by atoms with Crippen LogP contribution in [0.25, 0.3) is 0 Å². The van der Waals surface area contributed by atoms with Crippen molar-refractivity contribution in [2.45, 2.75) is 26.3 Å². The Hall–Kier alpha value is -1.24. The van der Waals surface area contributed by atoms with Crippen molar-refractivity contribution in [3.63, 3.8) is 0 Å². The highest BCUT2D eigenvalue weighted by Gasteiger charge is 2.21. The second-order valence-corrected chi connectivity index (χ2v) is 7.07. The van der Waals surface area contributed by atoms with Gasteiger partial charge in [-0.25, -0.2) is 8.61 Å². The molecule has 0 aromatic heterocycles. The van der Waals surface area contributed by atoms with Gasteiger partial charge in [0.15, 0.2) is 0 Å². The van der Waals surface area contributed by atoms with Gasteiger partial charge in [0.05, 0.1) is 12.3 Å². The van der Waals surface area contributed by atoms with E-state index in [1.807, 2.05) is 14.1 Å². The molecule has 122 valence electrons. The summed E-state index contributed by atoms with van der Waals surface area (Å²) in [5, 5.41) is 0. The Morgan fingerprint density at radius 3 is 2.73 bits per heavy atom. The molecule has 0 N–H and O–H groups in total. The zero-order chi connectivity index (χ0) is 16.1. The lowest BCUT2D eigenvalue weighted by Gasteiger charge is -2.30. The average molecular weight is 323 g/mol. The molecule has 0 spiro atoms. The molecule has 0 atom stereocenters. The number of ether oxygens (including phenoxy) is 1. The molecule has 0 fully saturated rings. The summed E-state index contributed by atoms with van der Waals surface area (Å²) in [4.78, 5) is 12.7. The Balaban J connectivity index is 2.27. The van der Waals surface area contributed by atoms with Crippen LogP contribution in [0.5, 0.6) is 5.75 Å². The lowest BCUT2D eigenvalue weighted by atomic mass is 9.99. The molecular weight excluding hydrogens is 298 g/mol. The third kappa shape index (κ3) is 4.15. The van der Waals surface area contributed by atoms with Gasteiger partial charge in [-0.1, -0.05) is 6.92 Å². The first-order valence-corrected chi connectivity index (χ1v) is 8.35. The number of carbonyl (C=O) groups excluding carboxylic acids is 1. The number of fused-ring (bicyclic) bond motifs is 1. The van der Waals surface area contributed by atoms with Crippen LogP contribution in [0.4, 0.5) is 5.69 Å². The van der Waals surface area contributed by atoms with Crippen molar-refractivity contribution in [3.05, 3.63) is 23.3 Å². The van der Waals surface area contributed by atoms with Crippen LogP contribution >= 0.6 is 12.1 Å². The highest BCUT2D eigenvalue weighted by molar-refractivity contribution is 7.94. The van der Waals surface area contributed by atoms with Gasteiger partial charge in [0.2, 0.25) is 6.41 Å². The van der Waals surface area contributed by atoms with Gasteiger partial charge in [0.1, 0.15) is 5.75 Å². The summed E-state index contributed by atoms with van der Waals surface area (Å²) >= 11 is 1.73. The van der Waals surface area contributed by atoms with Crippen LogP contribution in [0.15, 0.2) is 12.1 Å². The van der Waals surface area contributed by atoms with Gasteiger partial charge in [-0.15, -0.1) is 0 Å². The van der Waals surface area contributed by atoms with Gasteiger partial charge >= 0.3 is 0 Å². The van der Waals surface area contributed by atoms with Crippen LogP contribution in [0, 0.1) is 0 Å². The minimum absolute atomic E-state index is 0.668. The maximum absolute atomic E-state index is 11.2. The molecule has 2 rings (SSSR count). The van der Waals surface area contributed by atoms with Gasteiger partial charge in [-0.2, -0.15) is 0 Å². The summed E-state index contributed by atoms with van der Waals surface area (Å²) < 4.78 is 10.3. The van der Waals surface area contributed by atoms with E-state index in [1.54, 1.807) is 24.1 Å². The van der Waals surface area contributed by atoms with Crippen LogP contribution in [0.2, 0.25) is 0 Å². The molecule has 0 aliphatic carbocycles. The number of anilines is 1. The molecule has 0 saturated carbocycles. The fourth-order valence-electron chi connectivity index (χ4n) is 2.51. The zero-order valence-corrected chi connectivity index (χ0v) is 14.7. The SMILES string of the molecule is CCCOc1cc2c(cc1N(C)C=O)CN(SN(C)C)CC2. The van der Waals surface area contributed by atoms with E-state index in [-0.39, 0.29) is 0 Å². The second-order valence-electron chi connectivity index (χ2n) is 5.66. The highest BCUT2D eigenvalue weighted by Crippen LogP contribution is 2.35. The maximum atomic E-state index is 11.2. The van der Waals surface area contributed by atoms with Gasteiger partial charge in [0.25, 0.3) is 0 Å². The van der Waals surface area contributed by atoms with Crippen LogP contribution in [0.1, 0.15) is 24.5 Å². The van der Waals surface area contributed by atoms with Crippen LogP contribution in [-0.2, 0) is 17.8 Å². The summed E-state index contributed by atoms with van der Waals surface area (Å²) in [6, 6.07) is 4.20. The van der Waals surface area contributed by atoms with E-state index in [2.05, 4.69) is 27.7 Å². The Bertz CT molecular complexity index is 522. The topological polar surface area (TPSA) is 36.0 Å². The summed E-state index contributed by atoms with van der Waals surface area (Å²) in [6.07, 6.45) is 2.79. The van der Waals surface area contributed by atoms with E-state index >= 15 is 0 Å². The maximum Gasteiger partial charge on any atom is 0.213 e. The minimum atomic E-state index is 0.668. The summed E-state index contributed by atoms with van der Waals surface area (Å²) in [6.45, 7) is 4.65. The molecule has 1 aromatic carbocycles. The average Bonchev–Trinajstić information content (AvgIpc) is 2.50. The Kier molecular flexibility index (Phi) is 6.11. The van der Waals surface area contributed by atoms with Gasteiger partial charge < -0.3 is 9.64 Å². The van der Waals surface area contributed by atoms with Crippen molar-refractivity contribution >= 4 is 24.2 Å². The molecule has 1 aromatic rings. The van der Waals surface area contributed by atoms with Crippen molar-refractivity contribution in [1.29, 1.82) is 0 Å². The predicted molar refractivity (Wildman–Crippen MR) is 92.1 cm³/mol. The van der Waals surface area contributed by atoms with Crippen LogP contribution in [-0.4, -0.2) is 49.3 Å².